The van der Waals surface area contributed by atoms with E-state index in [2.05, 4.69) is 17.2 Å². The molecule has 0 amide bonds. The van der Waals surface area contributed by atoms with Gasteiger partial charge in [0.25, 0.3) is 5.69 Å². The molecule has 6 heteroatoms. The number of nitrogens with one attached hydrogen (secondary N) is 1. The van der Waals surface area contributed by atoms with Crippen LogP contribution in [-0.2, 0) is 6.54 Å². The first kappa shape index (κ1) is 14.6. The van der Waals surface area contributed by atoms with Gasteiger partial charge in [0, 0.05) is 30.1 Å². The number of non-ortho nitro benzene ring substituents is 1. The number of aryl methyl sites for hydroxylation is 1. The minimum Gasteiger partial charge on any atom is -0.304 e. The Morgan fingerprint density at radius 3 is 2.90 bits per heavy atom. The van der Waals surface area contributed by atoms with Crippen LogP contribution in [0.4, 0.5) is 5.69 Å². The van der Waals surface area contributed by atoms with Gasteiger partial charge < -0.3 is 5.32 Å². The molecule has 0 aliphatic rings. The van der Waals surface area contributed by atoms with Crippen LogP contribution < -0.4 is 5.32 Å². The van der Waals surface area contributed by atoms with Crippen LogP contribution in [0.15, 0.2) is 29.6 Å². The van der Waals surface area contributed by atoms with Gasteiger partial charge in [0.15, 0.2) is 0 Å². The Hall–Kier alpha value is -1.79. The first-order valence-electron chi connectivity index (χ1n) is 6.49. The van der Waals surface area contributed by atoms with Crippen LogP contribution in [0.5, 0.6) is 0 Å². The topological polar surface area (TPSA) is 68.1 Å². The van der Waals surface area contributed by atoms with E-state index < -0.39 is 0 Å². The second-order valence-corrected chi connectivity index (χ2v) is 5.61. The van der Waals surface area contributed by atoms with Gasteiger partial charge in [-0.05, 0) is 18.9 Å². The molecule has 0 spiro atoms. The predicted molar refractivity (Wildman–Crippen MR) is 79.8 cm³/mol. The summed E-state index contributed by atoms with van der Waals surface area (Å²) in [6.07, 6.45) is 0.865. The third kappa shape index (κ3) is 3.61. The Morgan fingerprint density at radius 2 is 2.30 bits per heavy atom. The van der Waals surface area contributed by atoms with Crippen molar-refractivity contribution in [1.29, 1.82) is 0 Å². The lowest BCUT2D eigenvalue weighted by molar-refractivity contribution is -0.384. The molecule has 0 saturated carbocycles. The third-order valence-electron chi connectivity index (χ3n) is 3.09. The third-order valence-corrected chi connectivity index (χ3v) is 3.91. The largest absolute Gasteiger partial charge is 0.304 e. The minimum absolute atomic E-state index is 0.0944. The van der Waals surface area contributed by atoms with E-state index in [1.54, 1.807) is 23.5 Å². The fraction of sp³-hybridized carbons (Fsp3) is 0.357. The zero-order chi connectivity index (χ0) is 14.5. The summed E-state index contributed by atoms with van der Waals surface area (Å²) in [6, 6.07) is 6.88. The van der Waals surface area contributed by atoms with Crippen LogP contribution >= 0.6 is 11.3 Å². The fourth-order valence-electron chi connectivity index (χ4n) is 2.07. The van der Waals surface area contributed by atoms with Gasteiger partial charge >= 0.3 is 0 Å². The molecule has 0 aliphatic carbocycles. The van der Waals surface area contributed by atoms with E-state index >= 15 is 0 Å². The maximum atomic E-state index is 10.8. The number of hydrogen-bond donors (Lipinski definition) is 1. The summed E-state index contributed by atoms with van der Waals surface area (Å²) < 4.78 is 0. The number of benzene rings is 1. The van der Waals surface area contributed by atoms with E-state index in [-0.39, 0.29) is 16.7 Å². The average molecular weight is 291 g/mol. The maximum absolute atomic E-state index is 10.8. The number of thiazole rings is 1. The summed E-state index contributed by atoms with van der Waals surface area (Å²) in [6.45, 7) is 4.71. The van der Waals surface area contributed by atoms with Gasteiger partial charge in [0.05, 0.1) is 15.6 Å². The van der Waals surface area contributed by atoms with Crippen molar-refractivity contribution in [2.45, 2.75) is 32.9 Å². The summed E-state index contributed by atoms with van der Waals surface area (Å²) in [5.74, 6) is 0. The fourth-order valence-corrected chi connectivity index (χ4v) is 2.68. The van der Waals surface area contributed by atoms with E-state index in [0.29, 0.717) is 6.54 Å². The summed E-state index contributed by atoms with van der Waals surface area (Å²) >= 11 is 1.63. The van der Waals surface area contributed by atoms with Crippen molar-refractivity contribution in [3.8, 4) is 0 Å². The SMILES string of the molecule is CCC(NCc1csc(C)n1)c1cccc([N+](=O)[O-])c1. The van der Waals surface area contributed by atoms with Gasteiger partial charge in [0.1, 0.15) is 0 Å². The van der Waals surface area contributed by atoms with Crippen LogP contribution in [0, 0.1) is 17.0 Å². The molecule has 0 fully saturated rings. The van der Waals surface area contributed by atoms with Gasteiger partial charge in [-0.2, -0.15) is 0 Å². The molecule has 5 nitrogen and oxygen atoms in total. The number of rotatable bonds is 6. The van der Waals surface area contributed by atoms with Gasteiger partial charge in [-0.15, -0.1) is 11.3 Å². The Labute approximate surface area is 121 Å². The lowest BCUT2D eigenvalue weighted by Crippen LogP contribution is -2.20. The summed E-state index contributed by atoms with van der Waals surface area (Å²) in [7, 11) is 0. The second kappa shape index (κ2) is 6.58. The highest BCUT2D eigenvalue weighted by Gasteiger charge is 2.13. The molecule has 1 heterocycles. The molecular weight excluding hydrogens is 274 g/mol. The molecule has 1 unspecified atom stereocenters. The summed E-state index contributed by atoms with van der Waals surface area (Å²) in [5, 5.41) is 17.3. The number of nitro benzene ring substituents is 1. The first-order valence-corrected chi connectivity index (χ1v) is 7.37. The van der Waals surface area contributed by atoms with Crippen LogP contribution in [0.25, 0.3) is 0 Å². The maximum Gasteiger partial charge on any atom is 0.269 e. The first-order chi connectivity index (χ1) is 9.60. The highest BCUT2D eigenvalue weighted by molar-refractivity contribution is 7.09. The second-order valence-electron chi connectivity index (χ2n) is 4.55. The van der Waals surface area contributed by atoms with Crippen molar-refractivity contribution < 1.29 is 4.92 Å². The minimum atomic E-state index is -0.361. The van der Waals surface area contributed by atoms with Gasteiger partial charge in [-0.3, -0.25) is 10.1 Å². The standard InChI is InChI=1S/C14H17N3O2S/c1-3-14(15-8-12-9-20-10(2)16-12)11-5-4-6-13(7-11)17(18)19/h4-7,9,14-15H,3,8H2,1-2H3. The van der Waals surface area contributed by atoms with Crippen molar-refractivity contribution in [2.24, 2.45) is 0 Å². The molecule has 0 aliphatic heterocycles. The predicted octanol–water partition coefficient (Wildman–Crippen LogP) is 3.60. The Balaban J connectivity index is 2.07. The number of nitro groups is 1. The van der Waals surface area contributed by atoms with Crippen molar-refractivity contribution in [3.05, 3.63) is 56.0 Å². The molecule has 1 atom stereocenters. The quantitative estimate of drug-likeness (QED) is 0.652. The van der Waals surface area contributed by atoms with Gasteiger partial charge in [-0.25, -0.2) is 4.98 Å². The Morgan fingerprint density at radius 1 is 1.50 bits per heavy atom. The smallest absolute Gasteiger partial charge is 0.269 e. The van der Waals surface area contributed by atoms with Crippen molar-refractivity contribution >= 4 is 17.0 Å². The Bertz CT molecular complexity index is 598. The van der Waals surface area contributed by atoms with Gasteiger partial charge in [-0.1, -0.05) is 19.1 Å². The Kier molecular flexibility index (Phi) is 4.81. The van der Waals surface area contributed by atoms with E-state index in [1.165, 1.54) is 6.07 Å². The zero-order valence-electron chi connectivity index (χ0n) is 11.5. The monoisotopic (exact) mass is 291 g/mol. The van der Waals surface area contributed by atoms with Crippen molar-refractivity contribution in [2.75, 3.05) is 0 Å². The van der Waals surface area contributed by atoms with Gasteiger partial charge in [0.2, 0.25) is 0 Å². The normalized spacial score (nSPS) is 12.3. The van der Waals surface area contributed by atoms with Crippen LogP contribution in [0.1, 0.15) is 35.7 Å². The van der Waals surface area contributed by atoms with Crippen LogP contribution in [-0.4, -0.2) is 9.91 Å². The number of nitrogens with zero attached hydrogens (tertiary/aromatic N) is 2. The molecule has 2 rings (SSSR count). The lowest BCUT2D eigenvalue weighted by Gasteiger charge is -2.16. The molecule has 20 heavy (non-hydrogen) atoms. The van der Waals surface area contributed by atoms with E-state index in [1.807, 2.05) is 18.4 Å². The molecule has 106 valence electrons. The molecule has 0 bridgehead atoms. The number of hydrogen-bond acceptors (Lipinski definition) is 5. The molecule has 0 saturated heterocycles. The number of aromatic nitrogens is 1. The molecule has 0 radical (unpaired) electrons. The average Bonchev–Trinajstić information content (AvgIpc) is 2.85. The summed E-state index contributed by atoms with van der Waals surface area (Å²) in [4.78, 5) is 14.9. The van der Waals surface area contributed by atoms with E-state index in [0.717, 1.165) is 22.7 Å². The molecule has 1 N–H and O–H groups in total. The van der Waals surface area contributed by atoms with E-state index in [4.69, 9.17) is 0 Å². The van der Waals surface area contributed by atoms with Crippen LogP contribution in [0.2, 0.25) is 0 Å². The highest BCUT2D eigenvalue weighted by Crippen LogP contribution is 2.22. The van der Waals surface area contributed by atoms with Crippen molar-refractivity contribution in [1.82, 2.24) is 10.3 Å². The zero-order valence-corrected chi connectivity index (χ0v) is 12.3. The summed E-state index contributed by atoms with van der Waals surface area (Å²) in [5.41, 5.74) is 2.08. The molecule has 2 aromatic rings. The van der Waals surface area contributed by atoms with Crippen LogP contribution in [0.3, 0.4) is 0 Å². The van der Waals surface area contributed by atoms with E-state index in [9.17, 15) is 10.1 Å². The highest BCUT2D eigenvalue weighted by atomic mass is 32.1. The molecule has 1 aromatic heterocycles. The lowest BCUT2D eigenvalue weighted by atomic mass is 10.0. The molecular formula is C14H17N3O2S. The molecule has 1 aromatic carbocycles. The van der Waals surface area contributed by atoms with Crippen molar-refractivity contribution in [3.63, 3.8) is 0 Å².